The third kappa shape index (κ3) is 3.72. The van der Waals surface area contributed by atoms with Gasteiger partial charge >= 0.3 is 0 Å². The molecular weight excluding hydrogens is 294 g/mol. The molecule has 1 N–H and O–H groups in total. The van der Waals surface area contributed by atoms with E-state index in [0.717, 1.165) is 17.7 Å². The molecular formula is C16H25N5O2. The van der Waals surface area contributed by atoms with Crippen LogP contribution in [0.25, 0.3) is 0 Å². The van der Waals surface area contributed by atoms with E-state index < -0.39 is 0 Å². The zero-order valence-electron chi connectivity index (χ0n) is 14.5. The van der Waals surface area contributed by atoms with Crippen molar-refractivity contribution in [3.63, 3.8) is 0 Å². The Labute approximate surface area is 136 Å². The first-order valence-corrected chi connectivity index (χ1v) is 7.85. The van der Waals surface area contributed by atoms with Crippen molar-refractivity contribution in [2.45, 2.75) is 40.3 Å². The highest BCUT2D eigenvalue weighted by molar-refractivity contribution is 5.38. The SMILES string of the molecule is CCc1nn(C)c(OC)c1CNc1nccn(CC(C)C)c1=O. The van der Waals surface area contributed by atoms with Crippen LogP contribution < -0.4 is 15.6 Å². The predicted molar refractivity (Wildman–Crippen MR) is 89.8 cm³/mol. The van der Waals surface area contributed by atoms with Gasteiger partial charge in [-0.2, -0.15) is 5.10 Å². The van der Waals surface area contributed by atoms with Crippen molar-refractivity contribution < 1.29 is 4.74 Å². The van der Waals surface area contributed by atoms with Gasteiger partial charge in [0.2, 0.25) is 5.88 Å². The molecule has 0 amide bonds. The van der Waals surface area contributed by atoms with Crippen LogP contribution in [0.3, 0.4) is 0 Å². The van der Waals surface area contributed by atoms with Crippen molar-refractivity contribution >= 4 is 5.82 Å². The summed E-state index contributed by atoms with van der Waals surface area (Å²) < 4.78 is 8.81. The largest absolute Gasteiger partial charge is 0.481 e. The van der Waals surface area contributed by atoms with Crippen LogP contribution in [-0.4, -0.2) is 26.4 Å². The Balaban J connectivity index is 2.24. The molecule has 0 fully saturated rings. The lowest BCUT2D eigenvalue weighted by molar-refractivity contribution is 0.369. The van der Waals surface area contributed by atoms with E-state index in [9.17, 15) is 4.79 Å². The molecule has 0 saturated carbocycles. The first kappa shape index (κ1) is 17.1. The molecule has 0 unspecified atom stereocenters. The Morgan fingerprint density at radius 3 is 2.74 bits per heavy atom. The van der Waals surface area contributed by atoms with E-state index >= 15 is 0 Å². The molecule has 0 spiro atoms. The zero-order valence-corrected chi connectivity index (χ0v) is 14.5. The smallest absolute Gasteiger partial charge is 0.293 e. The standard InChI is InChI=1S/C16H25N5O2/c1-6-13-12(16(23-5)20(4)19-13)9-18-14-15(22)21(8-7-17-14)10-11(2)3/h7-8,11H,6,9-10H2,1-5H3,(H,17,18). The summed E-state index contributed by atoms with van der Waals surface area (Å²) in [5.74, 6) is 1.45. The zero-order chi connectivity index (χ0) is 17.0. The number of nitrogens with zero attached hydrogens (tertiary/aromatic N) is 4. The summed E-state index contributed by atoms with van der Waals surface area (Å²) >= 11 is 0. The van der Waals surface area contributed by atoms with Gasteiger partial charge in [-0.05, 0) is 12.3 Å². The molecule has 2 aromatic heterocycles. The highest BCUT2D eigenvalue weighted by Crippen LogP contribution is 2.22. The van der Waals surface area contributed by atoms with Gasteiger partial charge < -0.3 is 14.6 Å². The number of rotatable bonds is 7. The summed E-state index contributed by atoms with van der Waals surface area (Å²) in [6.45, 7) is 7.32. The number of hydrogen-bond acceptors (Lipinski definition) is 5. The van der Waals surface area contributed by atoms with Gasteiger partial charge in [0, 0.05) is 32.5 Å². The fourth-order valence-electron chi connectivity index (χ4n) is 2.60. The fourth-order valence-corrected chi connectivity index (χ4v) is 2.60. The van der Waals surface area contributed by atoms with Crippen molar-refractivity contribution in [3.8, 4) is 5.88 Å². The maximum absolute atomic E-state index is 12.4. The molecule has 126 valence electrons. The number of aryl methyl sites for hydroxylation is 2. The van der Waals surface area contributed by atoms with Crippen LogP contribution in [0.4, 0.5) is 5.82 Å². The van der Waals surface area contributed by atoms with E-state index in [-0.39, 0.29) is 5.56 Å². The highest BCUT2D eigenvalue weighted by Gasteiger charge is 2.16. The minimum absolute atomic E-state index is 0.109. The molecule has 23 heavy (non-hydrogen) atoms. The third-order valence-corrected chi connectivity index (χ3v) is 3.61. The fraction of sp³-hybridized carbons (Fsp3) is 0.562. The normalized spacial score (nSPS) is 11.0. The number of ether oxygens (including phenoxy) is 1. The van der Waals surface area contributed by atoms with Gasteiger partial charge in [0.1, 0.15) is 0 Å². The lowest BCUT2D eigenvalue weighted by Crippen LogP contribution is -2.26. The summed E-state index contributed by atoms with van der Waals surface area (Å²) in [4.78, 5) is 16.6. The topological polar surface area (TPSA) is 74.0 Å². The van der Waals surface area contributed by atoms with E-state index in [1.54, 1.807) is 28.8 Å². The van der Waals surface area contributed by atoms with Crippen LogP contribution in [0.15, 0.2) is 17.2 Å². The van der Waals surface area contributed by atoms with E-state index in [1.165, 1.54) is 0 Å². The van der Waals surface area contributed by atoms with E-state index in [4.69, 9.17) is 4.74 Å². The molecule has 0 atom stereocenters. The predicted octanol–water partition coefficient (Wildman–Crippen LogP) is 1.82. The maximum atomic E-state index is 12.4. The molecule has 7 nitrogen and oxygen atoms in total. The monoisotopic (exact) mass is 319 g/mol. The molecule has 2 heterocycles. The van der Waals surface area contributed by atoms with Crippen LogP contribution in [0.2, 0.25) is 0 Å². The van der Waals surface area contributed by atoms with Crippen LogP contribution in [0.5, 0.6) is 5.88 Å². The molecule has 0 radical (unpaired) electrons. The number of anilines is 1. The van der Waals surface area contributed by atoms with Gasteiger partial charge in [-0.3, -0.25) is 4.79 Å². The second-order valence-electron chi connectivity index (χ2n) is 5.89. The van der Waals surface area contributed by atoms with Gasteiger partial charge in [-0.15, -0.1) is 0 Å². The molecule has 0 aliphatic carbocycles. The molecule has 0 aliphatic heterocycles. The highest BCUT2D eigenvalue weighted by atomic mass is 16.5. The minimum Gasteiger partial charge on any atom is -0.481 e. The van der Waals surface area contributed by atoms with Crippen molar-refractivity contribution in [1.29, 1.82) is 0 Å². The molecule has 0 aromatic carbocycles. The number of hydrogen-bond donors (Lipinski definition) is 1. The van der Waals surface area contributed by atoms with E-state index in [1.807, 2.05) is 14.0 Å². The molecule has 2 rings (SSSR count). The quantitative estimate of drug-likeness (QED) is 0.842. The van der Waals surface area contributed by atoms with Crippen molar-refractivity contribution in [2.75, 3.05) is 12.4 Å². The van der Waals surface area contributed by atoms with Gasteiger partial charge in [-0.1, -0.05) is 20.8 Å². The lowest BCUT2D eigenvalue weighted by Gasteiger charge is -2.11. The van der Waals surface area contributed by atoms with Crippen LogP contribution >= 0.6 is 0 Å². The average Bonchev–Trinajstić information content (AvgIpc) is 2.82. The maximum Gasteiger partial charge on any atom is 0.293 e. The average molecular weight is 319 g/mol. The van der Waals surface area contributed by atoms with Crippen LogP contribution in [-0.2, 0) is 26.6 Å². The van der Waals surface area contributed by atoms with Gasteiger partial charge in [0.25, 0.3) is 5.56 Å². The molecule has 0 aliphatic rings. The summed E-state index contributed by atoms with van der Waals surface area (Å²) in [5.41, 5.74) is 1.80. The van der Waals surface area contributed by atoms with Gasteiger partial charge in [0.05, 0.1) is 18.4 Å². The summed E-state index contributed by atoms with van der Waals surface area (Å²) in [5, 5.41) is 7.57. The van der Waals surface area contributed by atoms with Crippen molar-refractivity contribution in [1.82, 2.24) is 19.3 Å². The van der Waals surface area contributed by atoms with Crippen LogP contribution in [0.1, 0.15) is 32.0 Å². The minimum atomic E-state index is -0.109. The number of methoxy groups -OCH3 is 1. The van der Waals surface area contributed by atoms with Crippen LogP contribution in [0, 0.1) is 5.92 Å². The Bertz CT molecular complexity index is 718. The molecule has 0 saturated heterocycles. The second kappa shape index (κ2) is 7.30. The Morgan fingerprint density at radius 2 is 2.13 bits per heavy atom. The molecule has 7 heteroatoms. The molecule has 2 aromatic rings. The number of aromatic nitrogens is 4. The Morgan fingerprint density at radius 1 is 1.39 bits per heavy atom. The molecule has 0 bridgehead atoms. The van der Waals surface area contributed by atoms with E-state index in [2.05, 4.69) is 29.2 Å². The first-order chi connectivity index (χ1) is 11.0. The van der Waals surface area contributed by atoms with Gasteiger partial charge in [-0.25, -0.2) is 9.67 Å². The van der Waals surface area contributed by atoms with Crippen molar-refractivity contribution in [3.05, 3.63) is 34.0 Å². The van der Waals surface area contributed by atoms with Gasteiger partial charge in [0.15, 0.2) is 5.82 Å². The third-order valence-electron chi connectivity index (χ3n) is 3.61. The summed E-state index contributed by atoms with van der Waals surface area (Å²) in [6.07, 6.45) is 4.16. The number of nitrogens with one attached hydrogen (secondary N) is 1. The Hall–Kier alpha value is -2.31. The van der Waals surface area contributed by atoms with Crippen molar-refractivity contribution in [2.24, 2.45) is 13.0 Å². The first-order valence-electron chi connectivity index (χ1n) is 7.85. The lowest BCUT2D eigenvalue weighted by atomic mass is 10.2. The summed E-state index contributed by atoms with van der Waals surface area (Å²) in [7, 11) is 3.47. The van der Waals surface area contributed by atoms with E-state index in [0.29, 0.717) is 30.7 Å². The summed E-state index contributed by atoms with van der Waals surface area (Å²) in [6, 6.07) is 0. The Kier molecular flexibility index (Phi) is 5.41. The second-order valence-corrected chi connectivity index (χ2v) is 5.89.